The summed E-state index contributed by atoms with van der Waals surface area (Å²) in [5.41, 5.74) is 5.84. The Kier molecular flexibility index (Phi) is 1.43. The number of rotatable bonds is 1. The zero-order valence-corrected chi connectivity index (χ0v) is 6.27. The lowest BCUT2D eigenvalue weighted by atomic mass is 10.0. The van der Waals surface area contributed by atoms with Crippen molar-refractivity contribution in [2.24, 2.45) is 5.73 Å². The van der Waals surface area contributed by atoms with Crippen molar-refractivity contribution in [2.75, 3.05) is 0 Å². The number of hydrogen-bond acceptors (Lipinski definition) is 3. The summed E-state index contributed by atoms with van der Waals surface area (Å²) >= 11 is 0. The first kappa shape index (κ1) is 7.12. The molecule has 0 spiro atoms. The van der Waals surface area contributed by atoms with Gasteiger partial charge in [0, 0.05) is 6.08 Å². The molecule has 0 saturated carbocycles. The highest BCUT2D eigenvalue weighted by Gasteiger charge is 2.33. The van der Waals surface area contributed by atoms with Crippen molar-refractivity contribution in [3.63, 3.8) is 0 Å². The molecule has 0 aliphatic carbocycles. The van der Waals surface area contributed by atoms with Gasteiger partial charge in [-0.2, -0.15) is 0 Å². The van der Waals surface area contributed by atoms with Gasteiger partial charge >= 0.3 is 0 Å². The normalized spacial score (nSPS) is 31.8. The van der Waals surface area contributed by atoms with Gasteiger partial charge in [0.25, 0.3) is 0 Å². The fourth-order valence-corrected chi connectivity index (χ4v) is 0.901. The van der Waals surface area contributed by atoms with Crippen LogP contribution in [-0.4, -0.2) is 11.5 Å². The quantitative estimate of drug-likeness (QED) is 0.571. The van der Waals surface area contributed by atoms with Crippen molar-refractivity contribution in [3.05, 3.63) is 11.8 Å². The molecule has 0 radical (unpaired) electrons. The molecule has 1 aliphatic rings. The SMILES string of the molecule is CCC1(C)OC(=N)C=C1N. The molecule has 0 saturated heterocycles. The van der Waals surface area contributed by atoms with E-state index in [2.05, 4.69) is 0 Å². The van der Waals surface area contributed by atoms with Crippen molar-refractivity contribution < 1.29 is 4.74 Å². The van der Waals surface area contributed by atoms with Crippen LogP contribution in [0.4, 0.5) is 0 Å². The Morgan fingerprint density at radius 2 is 2.40 bits per heavy atom. The van der Waals surface area contributed by atoms with Crippen molar-refractivity contribution >= 4 is 5.90 Å². The first-order chi connectivity index (χ1) is 4.58. The molecule has 3 nitrogen and oxygen atoms in total. The average molecular weight is 140 g/mol. The first-order valence-corrected chi connectivity index (χ1v) is 3.33. The van der Waals surface area contributed by atoms with Gasteiger partial charge in [0.15, 0.2) is 0 Å². The van der Waals surface area contributed by atoms with E-state index in [1.165, 1.54) is 0 Å². The minimum Gasteiger partial charge on any atom is -0.465 e. The van der Waals surface area contributed by atoms with Crippen LogP contribution in [0.2, 0.25) is 0 Å². The summed E-state index contributed by atoms with van der Waals surface area (Å²) < 4.78 is 5.18. The van der Waals surface area contributed by atoms with Gasteiger partial charge in [-0.25, -0.2) is 0 Å². The van der Waals surface area contributed by atoms with Crippen LogP contribution in [0.3, 0.4) is 0 Å². The molecule has 1 atom stereocenters. The molecule has 0 aromatic rings. The minimum atomic E-state index is -0.420. The van der Waals surface area contributed by atoms with Crippen LogP contribution in [0.5, 0.6) is 0 Å². The Morgan fingerprint density at radius 3 is 2.60 bits per heavy atom. The van der Waals surface area contributed by atoms with Gasteiger partial charge in [-0.05, 0) is 13.3 Å². The Hall–Kier alpha value is -0.990. The Morgan fingerprint density at radius 1 is 1.80 bits per heavy atom. The zero-order chi connectivity index (χ0) is 7.78. The monoisotopic (exact) mass is 140 g/mol. The Bertz CT molecular complexity index is 198. The molecule has 56 valence electrons. The third-order valence-corrected chi connectivity index (χ3v) is 1.91. The Labute approximate surface area is 60.4 Å². The molecule has 3 N–H and O–H groups in total. The van der Waals surface area contributed by atoms with Crippen molar-refractivity contribution in [2.45, 2.75) is 25.9 Å². The molecular formula is C7H12N2O. The second-order valence-electron chi connectivity index (χ2n) is 2.65. The summed E-state index contributed by atoms with van der Waals surface area (Å²) in [5.74, 6) is 0.168. The van der Waals surface area contributed by atoms with Crippen LogP contribution in [0.1, 0.15) is 20.3 Å². The van der Waals surface area contributed by atoms with E-state index < -0.39 is 5.60 Å². The summed E-state index contributed by atoms with van der Waals surface area (Å²) in [5, 5.41) is 7.16. The summed E-state index contributed by atoms with van der Waals surface area (Å²) in [4.78, 5) is 0. The van der Waals surface area contributed by atoms with Crippen molar-refractivity contribution in [1.82, 2.24) is 0 Å². The van der Waals surface area contributed by atoms with Crippen LogP contribution < -0.4 is 5.73 Å². The van der Waals surface area contributed by atoms with E-state index in [1.807, 2.05) is 13.8 Å². The van der Waals surface area contributed by atoms with Crippen LogP contribution in [0.25, 0.3) is 0 Å². The van der Waals surface area contributed by atoms with Gasteiger partial charge in [-0.1, -0.05) is 6.92 Å². The highest BCUT2D eigenvalue weighted by molar-refractivity contribution is 5.88. The molecular weight excluding hydrogens is 128 g/mol. The maximum atomic E-state index is 7.16. The van der Waals surface area contributed by atoms with Crippen LogP contribution >= 0.6 is 0 Å². The highest BCUT2D eigenvalue weighted by Crippen LogP contribution is 2.26. The molecule has 0 amide bonds. The number of nitrogens with two attached hydrogens (primary N) is 1. The minimum absolute atomic E-state index is 0.168. The molecule has 0 fully saturated rings. The summed E-state index contributed by atoms with van der Waals surface area (Å²) in [7, 11) is 0. The standard InChI is InChI=1S/C7H12N2O/c1-3-7(2)5(8)4-6(9)10-7/h4,9H,3,8H2,1-2H3. The lowest BCUT2D eigenvalue weighted by Crippen LogP contribution is -2.30. The Balaban J connectivity index is 2.86. The topological polar surface area (TPSA) is 59.1 Å². The molecule has 1 heterocycles. The molecule has 1 unspecified atom stereocenters. The smallest absolute Gasteiger partial charge is 0.208 e. The molecule has 0 bridgehead atoms. The van der Waals surface area contributed by atoms with E-state index in [0.717, 1.165) is 6.42 Å². The summed E-state index contributed by atoms with van der Waals surface area (Å²) in [6.45, 7) is 3.87. The molecule has 3 heteroatoms. The second kappa shape index (κ2) is 2.01. The molecule has 0 aromatic heterocycles. The van der Waals surface area contributed by atoms with Gasteiger partial charge in [0.05, 0.1) is 5.70 Å². The van der Waals surface area contributed by atoms with Gasteiger partial charge in [0.1, 0.15) is 5.60 Å². The largest absolute Gasteiger partial charge is 0.465 e. The van der Waals surface area contributed by atoms with Crippen molar-refractivity contribution in [1.29, 1.82) is 5.41 Å². The summed E-state index contributed by atoms with van der Waals surface area (Å²) in [6.07, 6.45) is 2.36. The number of ether oxygens (including phenoxy) is 1. The molecule has 0 aromatic carbocycles. The maximum absolute atomic E-state index is 7.16. The van der Waals surface area contributed by atoms with E-state index in [4.69, 9.17) is 15.9 Å². The fourth-order valence-electron chi connectivity index (χ4n) is 0.901. The highest BCUT2D eigenvalue weighted by atomic mass is 16.5. The fraction of sp³-hybridized carbons (Fsp3) is 0.571. The van der Waals surface area contributed by atoms with E-state index in [-0.39, 0.29) is 5.90 Å². The summed E-state index contributed by atoms with van der Waals surface area (Å²) in [6, 6.07) is 0. The van der Waals surface area contributed by atoms with E-state index in [0.29, 0.717) is 5.70 Å². The van der Waals surface area contributed by atoms with Gasteiger partial charge in [-0.15, -0.1) is 0 Å². The average Bonchev–Trinajstić information content (AvgIpc) is 2.09. The zero-order valence-electron chi connectivity index (χ0n) is 6.27. The maximum Gasteiger partial charge on any atom is 0.208 e. The van der Waals surface area contributed by atoms with Crippen LogP contribution in [-0.2, 0) is 4.74 Å². The molecule has 1 rings (SSSR count). The number of nitrogens with one attached hydrogen (secondary N) is 1. The predicted octanol–water partition coefficient (Wildman–Crippen LogP) is 1.01. The second-order valence-corrected chi connectivity index (χ2v) is 2.65. The van der Waals surface area contributed by atoms with E-state index in [1.54, 1.807) is 6.08 Å². The van der Waals surface area contributed by atoms with Gasteiger partial charge in [0.2, 0.25) is 5.90 Å². The third kappa shape index (κ3) is 0.875. The van der Waals surface area contributed by atoms with Crippen molar-refractivity contribution in [3.8, 4) is 0 Å². The molecule has 1 aliphatic heterocycles. The van der Waals surface area contributed by atoms with Gasteiger partial charge in [-0.3, -0.25) is 5.41 Å². The van der Waals surface area contributed by atoms with E-state index in [9.17, 15) is 0 Å². The lowest BCUT2D eigenvalue weighted by Gasteiger charge is -2.22. The van der Waals surface area contributed by atoms with Crippen LogP contribution in [0, 0.1) is 5.41 Å². The third-order valence-electron chi connectivity index (χ3n) is 1.91. The van der Waals surface area contributed by atoms with Crippen LogP contribution in [0.15, 0.2) is 11.8 Å². The van der Waals surface area contributed by atoms with E-state index >= 15 is 0 Å². The predicted molar refractivity (Wildman–Crippen MR) is 39.8 cm³/mol. The first-order valence-electron chi connectivity index (χ1n) is 3.33. The lowest BCUT2D eigenvalue weighted by molar-refractivity contribution is 0.121. The van der Waals surface area contributed by atoms with Gasteiger partial charge < -0.3 is 10.5 Å². The molecule has 10 heavy (non-hydrogen) atoms. The number of hydrogen-bond donors (Lipinski definition) is 2.